The first kappa shape index (κ1) is 13.1. The Morgan fingerprint density at radius 1 is 1.00 bits per heavy atom. The van der Waals surface area contributed by atoms with Crippen LogP contribution in [0.1, 0.15) is 0 Å². The van der Waals surface area contributed by atoms with Gasteiger partial charge in [0.2, 0.25) is 5.88 Å². The molecule has 2 nitrogen and oxygen atoms in total. The minimum Gasteiger partial charge on any atom is -0.436 e. The maximum atomic E-state index is 6.00. The molecule has 0 bridgehead atoms. The van der Waals surface area contributed by atoms with Crippen LogP contribution >= 0.6 is 55.1 Å². The van der Waals surface area contributed by atoms with E-state index in [1.165, 1.54) is 0 Å². The zero-order valence-corrected chi connectivity index (χ0v) is 12.9. The van der Waals surface area contributed by atoms with E-state index in [-0.39, 0.29) is 0 Å². The molecule has 0 saturated heterocycles. The molecule has 0 fully saturated rings. The van der Waals surface area contributed by atoms with Crippen molar-refractivity contribution in [3.8, 4) is 11.6 Å². The summed E-state index contributed by atoms with van der Waals surface area (Å²) in [5, 5.41) is 0.907. The highest BCUT2D eigenvalue weighted by atomic mass is 79.9. The summed E-state index contributed by atoms with van der Waals surface area (Å²) in [6, 6.07) is 7.01. The molecule has 1 aromatic heterocycles. The van der Waals surface area contributed by atoms with Crippen LogP contribution in [-0.4, -0.2) is 4.98 Å². The number of halogens is 4. The van der Waals surface area contributed by atoms with Gasteiger partial charge >= 0.3 is 0 Å². The van der Waals surface area contributed by atoms with E-state index >= 15 is 0 Å². The molecular formula is C11H5Br2Cl2NO. The standard InChI is InChI=1S/C11H5Br2Cl2NO/c12-6-1-2-8(14)10(4-6)17-11-9(15)3-7(13)5-16-11/h1-5H. The number of benzene rings is 1. The van der Waals surface area contributed by atoms with Gasteiger partial charge in [-0.3, -0.25) is 0 Å². The fourth-order valence-corrected chi connectivity index (χ4v) is 2.30. The highest BCUT2D eigenvalue weighted by Crippen LogP contribution is 2.34. The smallest absolute Gasteiger partial charge is 0.238 e. The number of hydrogen-bond donors (Lipinski definition) is 0. The minimum absolute atomic E-state index is 0.315. The normalized spacial score (nSPS) is 10.4. The van der Waals surface area contributed by atoms with Crippen molar-refractivity contribution in [1.29, 1.82) is 0 Å². The van der Waals surface area contributed by atoms with E-state index in [0.29, 0.717) is 21.7 Å². The number of hydrogen-bond acceptors (Lipinski definition) is 2. The van der Waals surface area contributed by atoms with Crippen LogP contribution in [-0.2, 0) is 0 Å². The molecule has 2 aromatic rings. The average Bonchev–Trinajstić information content (AvgIpc) is 2.27. The molecule has 0 amide bonds. The molecule has 0 spiro atoms. The van der Waals surface area contributed by atoms with Gasteiger partial charge in [0, 0.05) is 15.1 Å². The number of ether oxygens (including phenoxy) is 1. The lowest BCUT2D eigenvalue weighted by atomic mass is 10.3. The van der Waals surface area contributed by atoms with Crippen molar-refractivity contribution < 1.29 is 4.74 Å². The van der Waals surface area contributed by atoms with Gasteiger partial charge in [0.25, 0.3) is 0 Å². The average molecular weight is 398 g/mol. The summed E-state index contributed by atoms with van der Waals surface area (Å²) >= 11 is 18.6. The molecule has 0 saturated carbocycles. The SMILES string of the molecule is Clc1ccc(Br)cc1Oc1ncc(Br)cc1Cl. The van der Waals surface area contributed by atoms with E-state index in [2.05, 4.69) is 36.8 Å². The van der Waals surface area contributed by atoms with Gasteiger partial charge in [-0.15, -0.1) is 0 Å². The van der Waals surface area contributed by atoms with Crippen molar-refractivity contribution in [3.05, 3.63) is 49.5 Å². The van der Waals surface area contributed by atoms with E-state index in [9.17, 15) is 0 Å². The Morgan fingerprint density at radius 2 is 1.76 bits per heavy atom. The maximum absolute atomic E-state index is 6.00. The van der Waals surface area contributed by atoms with Crippen LogP contribution in [0.25, 0.3) is 0 Å². The molecule has 0 aliphatic heterocycles. The molecule has 0 unspecified atom stereocenters. The summed E-state index contributed by atoms with van der Waals surface area (Å²) in [6.07, 6.45) is 1.60. The number of nitrogens with zero attached hydrogens (tertiary/aromatic N) is 1. The molecule has 1 aromatic carbocycles. The first-order valence-corrected chi connectivity index (χ1v) is 6.84. The first-order valence-electron chi connectivity index (χ1n) is 4.50. The van der Waals surface area contributed by atoms with Gasteiger partial charge in [0.1, 0.15) is 10.8 Å². The lowest BCUT2D eigenvalue weighted by Crippen LogP contribution is -1.89. The van der Waals surface area contributed by atoms with Gasteiger partial charge in [-0.2, -0.15) is 0 Å². The molecule has 2 rings (SSSR count). The van der Waals surface area contributed by atoms with Crippen LogP contribution < -0.4 is 4.74 Å². The van der Waals surface area contributed by atoms with E-state index in [0.717, 1.165) is 8.95 Å². The molecule has 0 radical (unpaired) electrons. The van der Waals surface area contributed by atoms with Gasteiger partial charge < -0.3 is 4.74 Å². The summed E-state index contributed by atoms with van der Waals surface area (Å²) in [7, 11) is 0. The van der Waals surface area contributed by atoms with Crippen molar-refractivity contribution in [1.82, 2.24) is 4.98 Å². The third-order valence-corrected chi connectivity index (χ3v) is 3.38. The third-order valence-electron chi connectivity index (χ3n) is 1.87. The third kappa shape index (κ3) is 3.35. The number of rotatable bonds is 2. The lowest BCUT2D eigenvalue weighted by molar-refractivity contribution is 0.463. The van der Waals surface area contributed by atoms with Crippen molar-refractivity contribution in [3.63, 3.8) is 0 Å². The van der Waals surface area contributed by atoms with Gasteiger partial charge in [0.05, 0.1) is 5.02 Å². The molecule has 88 valence electrons. The Morgan fingerprint density at radius 3 is 2.47 bits per heavy atom. The van der Waals surface area contributed by atoms with Crippen molar-refractivity contribution in [2.24, 2.45) is 0 Å². The number of pyridine rings is 1. The van der Waals surface area contributed by atoms with Crippen LogP contribution in [0.15, 0.2) is 39.4 Å². The Labute approximate surface area is 125 Å². The summed E-state index contributed by atoms with van der Waals surface area (Å²) in [6.45, 7) is 0. The van der Waals surface area contributed by atoms with E-state index < -0.39 is 0 Å². The fourth-order valence-electron chi connectivity index (χ4n) is 1.14. The van der Waals surface area contributed by atoms with Gasteiger partial charge in [0.15, 0.2) is 0 Å². The Bertz CT molecular complexity index is 563. The second-order valence-corrected chi connectivity index (χ2v) is 5.76. The molecular weight excluding hydrogens is 393 g/mol. The van der Waals surface area contributed by atoms with E-state index in [4.69, 9.17) is 27.9 Å². The second-order valence-electron chi connectivity index (χ2n) is 3.12. The Hall–Kier alpha value is -0.290. The largest absolute Gasteiger partial charge is 0.436 e. The van der Waals surface area contributed by atoms with Crippen LogP contribution in [0.2, 0.25) is 10.0 Å². The van der Waals surface area contributed by atoms with Crippen molar-refractivity contribution in [2.75, 3.05) is 0 Å². The zero-order valence-electron chi connectivity index (χ0n) is 8.25. The van der Waals surface area contributed by atoms with E-state index in [1.54, 1.807) is 24.4 Å². The summed E-state index contributed by atoms with van der Waals surface area (Å²) < 4.78 is 7.20. The molecule has 17 heavy (non-hydrogen) atoms. The molecule has 6 heteroatoms. The second kappa shape index (κ2) is 5.57. The summed E-state index contributed by atoms with van der Waals surface area (Å²) in [5.74, 6) is 0.813. The van der Waals surface area contributed by atoms with Crippen LogP contribution in [0.3, 0.4) is 0 Å². The maximum Gasteiger partial charge on any atom is 0.238 e. The molecule has 0 aliphatic rings. The van der Waals surface area contributed by atoms with Crippen LogP contribution in [0.5, 0.6) is 11.6 Å². The highest BCUT2D eigenvalue weighted by Gasteiger charge is 2.08. The van der Waals surface area contributed by atoms with Crippen LogP contribution in [0, 0.1) is 0 Å². The lowest BCUT2D eigenvalue weighted by Gasteiger charge is -2.08. The van der Waals surface area contributed by atoms with Crippen molar-refractivity contribution in [2.45, 2.75) is 0 Å². The fraction of sp³-hybridized carbons (Fsp3) is 0. The minimum atomic E-state index is 0.315. The topological polar surface area (TPSA) is 22.1 Å². The quantitative estimate of drug-likeness (QED) is 0.647. The predicted molar refractivity (Wildman–Crippen MR) is 76.2 cm³/mol. The monoisotopic (exact) mass is 395 g/mol. The Balaban J connectivity index is 2.34. The zero-order chi connectivity index (χ0) is 12.4. The molecule has 0 atom stereocenters. The van der Waals surface area contributed by atoms with Gasteiger partial charge in [-0.1, -0.05) is 39.1 Å². The van der Waals surface area contributed by atoms with Gasteiger partial charge in [-0.05, 0) is 40.2 Å². The summed E-state index contributed by atoms with van der Waals surface area (Å²) in [5.41, 5.74) is 0. The van der Waals surface area contributed by atoms with Crippen LogP contribution in [0.4, 0.5) is 0 Å². The van der Waals surface area contributed by atoms with E-state index in [1.807, 2.05) is 6.07 Å². The summed E-state index contributed by atoms with van der Waals surface area (Å²) in [4.78, 5) is 4.07. The highest BCUT2D eigenvalue weighted by molar-refractivity contribution is 9.10. The Kier molecular flexibility index (Phi) is 4.31. The first-order chi connectivity index (χ1) is 8.06. The molecule has 1 heterocycles. The van der Waals surface area contributed by atoms with Gasteiger partial charge in [-0.25, -0.2) is 4.98 Å². The molecule has 0 aliphatic carbocycles. The van der Waals surface area contributed by atoms with Crippen molar-refractivity contribution >= 4 is 55.1 Å². The number of aromatic nitrogens is 1. The predicted octanol–water partition coefficient (Wildman–Crippen LogP) is 5.71. The molecule has 0 N–H and O–H groups in total.